The normalized spacial score (nSPS) is 21.9. The van der Waals surface area contributed by atoms with Crippen molar-refractivity contribution in [1.29, 1.82) is 0 Å². The molecule has 0 aliphatic heterocycles. The third-order valence-electron chi connectivity index (χ3n) is 3.74. The van der Waals surface area contributed by atoms with Crippen LogP contribution in [-0.4, -0.2) is 11.9 Å². The molecule has 1 aliphatic carbocycles. The summed E-state index contributed by atoms with van der Waals surface area (Å²) < 4.78 is 1.79. The number of rotatable bonds is 2. The van der Waals surface area contributed by atoms with Crippen molar-refractivity contribution in [2.24, 2.45) is 5.41 Å². The van der Waals surface area contributed by atoms with Crippen molar-refractivity contribution in [3.63, 3.8) is 0 Å². The molecule has 1 unspecified atom stereocenters. The maximum absolute atomic E-state index is 12.3. The average molecular weight is 375 g/mol. The summed E-state index contributed by atoms with van der Waals surface area (Å²) in [5.74, 6) is 0.00866. The van der Waals surface area contributed by atoms with E-state index in [4.69, 9.17) is 0 Å². The molecule has 98 valence electrons. The summed E-state index contributed by atoms with van der Waals surface area (Å²) in [5, 5.41) is 3.16. The Bertz CT molecular complexity index is 471. The summed E-state index contributed by atoms with van der Waals surface area (Å²) in [6.45, 7) is 4.45. The first-order valence-corrected chi connectivity index (χ1v) is 7.75. The van der Waals surface area contributed by atoms with Crippen LogP contribution in [0.5, 0.6) is 0 Å². The summed E-state index contributed by atoms with van der Waals surface area (Å²) in [7, 11) is 0. The van der Waals surface area contributed by atoms with Gasteiger partial charge in [0.25, 0.3) is 5.91 Å². The van der Waals surface area contributed by atoms with Crippen LogP contribution in [0.1, 0.15) is 43.5 Å². The highest BCUT2D eigenvalue weighted by Crippen LogP contribution is 2.37. The minimum absolute atomic E-state index is 0.00866. The van der Waals surface area contributed by atoms with E-state index in [-0.39, 0.29) is 17.4 Å². The molecule has 1 saturated carbocycles. The lowest BCUT2D eigenvalue weighted by molar-refractivity contribution is 0.0909. The molecule has 4 heteroatoms. The molecule has 18 heavy (non-hydrogen) atoms. The molecule has 1 amide bonds. The zero-order valence-electron chi connectivity index (χ0n) is 10.6. The molecule has 1 N–H and O–H groups in total. The van der Waals surface area contributed by atoms with Crippen LogP contribution in [0.15, 0.2) is 27.1 Å². The summed E-state index contributed by atoms with van der Waals surface area (Å²) in [5.41, 5.74) is 0.901. The maximum Gasteiger partial charge on any atom is 0.252 e. The fourth-order valence-corrected chi connectivity index (χ4v) is 3.73. The van der Waals surface area contributed by atoms with Gasteiger partial charge < -0.3 is 5.32 Å². The predicted molar refractivity (Wildman–Crippen MR) is 80.7 cm³/mol. The Kier molecular flexibility index (Phi) is 4.17. The van der Waals surface area contributed by atoms with Gasteiger partial charge in [-0.3, -0.25) is 4.79 Å². The highest BCUT2D eigenvalue weighted by molar-refractivity contribution is 9.11. The number of amides is 1. The first-order valence-electron chi connectivity index (χ1n) is 6.16. The van der Waals surface area contributed by atoms with Crippen LogP contribution in [-0.2, 0) is 0 Å². The van der Waals surface area contributed by atoms with Crippen molar-refractivity contribution in [3.05, 3.63) is 32.7 Å². The molecule has 2 nitrogen and oxygen atoms in total. The van der Waals surface area contributed by atoms with Gasteiger partial charge in [0.15, 0.2) is 0 Å². The zero-order valence-corrected chi connectivity index (χ0v) is 13.8. The van der Waals surface area contributed by atoms with Gasteiger partial charge in [0, 0.05) is 15.0 Å². The first-order chi connectivity index (χ1) is 8.40. The van der Waals surface area contributed by atoms with Gasteiger partial charge in [0.05, 0.1) is 5.56 Å². The summed E-state index contributed by atoms with van der Waals surface area (Å²) in [4.78, 5) is 12.3. The topological polar surface area (TPSA) is 29.1 Å². The van der Waals surface area contributed by atoms with Gasteiger partial charge >= 0.3 is 0 Å². The van der Waals surface area contributed by atoms with E-state index in [1.165, 1.54) is 12.8 Å². The largest absolute Gasteiger partial charge is 0.349 e. The van der Waals surface area contributed by atoms with Crippen molar-refractivity contribution < 1.29 is 4.79 Å². The Morgan fingerprint density at radius 1 is 1.39 bits per heavy atom. The van der Waals surface area contributed by atoms with E-state index in [2.05, 4.69) is 51.0 Å². The number of hydrogen-bond donors (Lipinski definition) is 1. The minimum atomic E-state index is 0.00866. The smallest absolute Gasteiger partial charge is 0.252 e. The van der Waals surface area contributed by atoms with E-state index in [0.29, 0.717) is 5.56 Å². The van der Waals surface area contributed by atoms with Crippen molar-refractivity contribution in [2.75, 3.05) is 0 Å². The zero-order chi connectivity index (χ0) is 13.3. The SMILES string of the molecule is CC1(C)CCCC1NC(=O)c1ccc(Br)cc1Br. The Hall–Kier alpha value is -0.350. The average Bonchev–Trinajstić information content (AvgIpc) is 2.58. The Labute approximate surface area is 125 Å². The second-order valence-corrected chi connectivity index (χ2v) is 7.30. The number of nitrogens with one attached hydrogen (secondary N) is 1. The summed E-state index contributed by atoms with van der Waals surface area (Å²) in [6, 6.07) is 5.90. The predicted octanol–water partition coefficient (Wildman–Crippen LogP) is 4.52. The molecule has 1 atom stereocenters. The number of carbonyl (C=O) groups is 1. The van der Waals surface area contributed by atoms with Crippen LogP contribution in [0.2, 0.25) is 0 Å². The molecule has 0 spiro atoms. The molecule has 0 heterocycles. The van der Waals surface area contributed by atoms with Crippen molar-refractivity contribution >= 4 is 37.8 Å². The maximum atomic E-state index is 12.3. The molecule has 0 saturated heterocycles. The quantitative estimate of drug-likeness (QED) is 0.809. The van der Waals surface area contributed by atoms with E-state index < -0.39 is 0 Å². The van der Waals surface area contributed by atoms with E-state index in [0.717, 1.165) is 15.4 Å². The Morgan fingerprint density at radius 2 is 2.11 bits per heavy atom. The monoisotopic (exact) mass is 373 g/mol. The molecule has 1 aromatic rings. The molecule has 0 bridgehead atoms. The third-order valence-corrected chi connectivity index (χ3v) is 4.89. The Morgan fingerprint density at radius 3 is 2.67 bits per heavy atom. The summed E-state index contributed by atoms with van der Waals surface area (Å²) in [6.07, 6.45) is 3.45. The second-order valence-electron chi connectivity index (χ2n) is 5.53. The minimum Gasteiger partial charge on any atom is -0.349 e. The van der Waals surface area contributed by atoms with Gasteiger partial charge in [0.1, 0.15) is 0 Å². The van der Waals surface area contributed by atoms with Crippen LogP contribution in [0, 0.1) is 5.41 Å². The molecule has 1 fully saturated rings. The molecular weight excluding hydrogens is 358 g/mol. The number of hydrogen-bond acceptors (Lipinski definition) is 1. The third kappa shape index (κ3) is 2.97. The van der Waals surface area contributed by atoms with Crippen molar-refractivity contribution in [3.8, 4) is 0 Å². The standard InChI is InChI=1S/C14H17Br2NO/c1-14(2)7-3-4-12(14)17-13(18)10-6-5-9(15)8-11(10)16/h5-6,8,12H,3-4,7H2,1-2H3,(H,17,18). The lowest BCUT2D eigenvalue weighted by atomic mass is 9.87. The lowest BCUT2D eigenvalue weighted by Gasteiger charge is -2.28. The van der Waals surface area contributed by atoms with E-state index in [1.54, 1.807) is 0 Å². The van der Waals surface area contributed by atoms with Crippen LogP contribution < -0.4 is 5.32 Å². The second kappa shape index (κ2) is 5.33. The molecular formula is C14H17Br2NO. The molecule has 1 aliphatic rings. The van der Waals surface area contributed by atoms with Gasteiger partial charge in [-0.05, 0) is 52.4 Å². The van der Waals surface area contributed by atoms with Gasteiger partial charge in [-0.2, -0.15) is 0 Å². The van der Waals surface area contributed by atoms with Gasteiger partial charge in [-0.15, -0.1) is 0 Å². The van der Waals surface area contributed by atoms with Crippen LogP contribution in [0.4, 0.5) is 0 Å². The van der Waals surface area contributed by atoms with Crippen LogP contribution in [0.25, 0.3) is 0 Å². The van der Waals surface area contributed by atoms with Gasteiger partial charge in [-0.25, -0.2) is 0 Å². The van der Waals surface area contributed by atoms with E-state index in [1.807, 2.05) is 18.2 Å². The van der Waals surface area contributed by atoms with Crippen molar-refractivity contribution in [2.45, 2.75) is 39.2 Å². The highest BCUT2D eigenvalue weighted by Gasteiger charge is 2.35. The number of halogens is 2. The summed E-state index contributed by atoms with van der Waals surface area (Å²) >= 11 is 6.82. The first kappa shape index (κ1) is 14.1. The fourth-order valence-electron chi connectivity index (χ4n) is 2.50. The van der Waals surface area contributed by atoms with Crippen molar-refractivity contribution in [1.82, 2.24) is 5.32 Å². The number of carbonyl (C=O) groups excluding carboxylic acids is 1. The van der Waals surface area contributed by atoms with Gasteiger partial charge in [-0.1, -0.05) is 36.2 Å². The molecule has 0 aromatic heterocycles. The molecule has 2 rings (SSSR count). The molecule has 1 aromatic carbocycles. The van der Waals surface area contributed by atoms with E-state index in [9.17, 15) is 4.79 Å². The Balaban J connectivity index is 2.13. The fraction of sp³-hybridized carbons (Fsp3) is 0.500. The molecule has 0 radical (unpaired) electrons. The lowest BCUT2D eigenvalue weighted by Crippen LogP contribution is -2.41. The van der Waals surface area contributed by atoms with Crippen LogP contribution >= 0.6 is 31.9 Å². The number of benzene rings is 1. The van der Waals surface area contributed by atoms with E-state index >= 15 is 0 Å². The van der Waals surface area contributed by atoms with Crippen LogP contribution in [0.3, 0.4) is 0 Å². The van der Waals surface area contributed by atoms with Gasteiger partial charge in [0.2, 0.25) is 0 Å². The highest BCUT2D eigenvalue weighted by atomic mass is 79.9.